The van der Waals surface area contributed by atoms with Gasteiger partial charge in [0.2, 0.25) is 0 Å². The normalized spacial score (nSPS) is 18.3. The van der Waals surface area contributed by atoms with Crippen LogP contribution in [-0.2, 0) is 16.2 Å². The van der Waals surface area contributed by atoms with E-state index < -0.39 is 5.41 Å². The van der Waals surface area contributed by atoms with E-state index in [1.54, 1.807) is 0 Å². The summed E-state index contributed by atoms with van der Waals surface area (Å²) in [7, 11) is 0. The molecule has 0 fully saturated rings. The van der Waals surface area contributed by atoms with Crippen molar-refractivity contribution in [1.29, 1.82) is 0 Å². The quantitative estimate of drug-likeness (QED) is 0.162. The van der Waals surface area contributed by atoms with Crippen molar-refractivity contribution in [3.05, 3.63) is 257 Å². The predicted octanol–water partition coefficient (Wildman–Crippen LogP) is 15.8. The molecule has 12 rings (SSSR count). The van der Waals surface area contributed by atoms with Crippen molar-refractivity contribution in [2.45, 2.75) is 43.9 Å². The maximum atomic E-state index is 2.57. The Bertz CT molecular complexity index is 3230. The van der Waals surface area contributed by atoms with Gasteiger partial charge in [-0.15, -0.1) is 0 Å². The molecule has 9 aromatic rings. The van der Waals surface area contributed by atoms with Crippen LogP contribution in [0.25, 0.3) is 44.5 Å². The average Bonchev–Trinajstić information content (AvgIpc) is 3.85. The van der Waals surface area contributed by atoms with Gasteiger partial charge >= 0.3 is 0 Å². The van der Waals surface area contributed by atoms with E-state index in [-0.39, 0.29) is 10.8 Å². The molecule has 0 amide bonds. The van der Waals surface area contributed by atoms with E-state index in [0.29, 0.717) is 0 Å². The molecule has 0 aromatic heterocycles. The van der Waals surface area contributed by atoms with Crippen LogP contribution in [0, 0.1) is 0 Å². The summed E-state index contributed by atoms with van der Waals surface area (Å²) in [5, 5.41) is 0. The standard InChI is InChI=1S/C61H47N/c1-59(2)50-29-16-14-26-46(50)47-36-34-43(38-54(47)59)62(56-33-19-32-53-58(56)48-27-15-17-30-51(48)60(53,3)41-22-10-6-11-23-41)44-35-37-49-55(39-44)61(4,42-24-12-7-13-25-42)52-31-18-28-45(57(49)52)40-20-8-5-9-21-40/h5-39H,1-4H3. The molecule has 0 saturated carbocycles. The van der Waals surface area contributed by atoms with Crippen molar-refractivity contribution in [2.75, 3.05) is 4.90 Å². The van der Waals surface area contributed by atoms with Gasteiger partial charge in [-0.1, -0.05) is 196 Å². The van der Waals surface area contributed by atoms with Gasteiger partial charge in [0, 0.05) is 33.2 Å². The predicted molar refractivity (Wildman–Crippen MR) is 259 cm³/mol. The Morgan fingerprint density at radius 2 is 0.758 bits per heavy atom. The third-order valence-electron chi connectivity index (χ3n) is 14.8. The summed E-state index contributed by atoms with van der Waals surface area (Å²) in [6.45, 7) is 9.62. The van der Waals surface area contributed by atoms with E-state index >= 15 is 0 Å². The highest BCUT2D eigenvalue weighted by atomic mass is 15.1. The summed E-state index contributed by atoms with van der Waals surface area (Å²) < 4.78 is 0. The number of anilines is 3. The Hall–Kier alpha value is -7.22. The van der Waals surface area contributed by atoms with Crippen molar-refractivity contribution >= 4 is 17.1 Å². The lowest BCUT2D eigenvalue weighted by atomic mass is 9.74. The minimum atomic E-state index is -0.392. The van der Waals surface area contributed by atoms with E-state index in [2.05, 4.69) is 245 Å². The van der Waals surface area contributed by atoms with Gasteiger partial charge < -0.3 is 4.90 Å². The Kier molecular flexibility index (Phi) is 7.91. The smallest absolute Gasteiger partial charge is 0.0543 e. The van der Waals surface area contributed by atoms with Gasteiger partial charge in [-0.2, -0.15) is 0 Å². The monoisotopic (exact) mass is 793 g/mol. The zero-order valence-corrected chi connectivity index (χ0v) is 35.7. The summed E-state index contributed by atoms with van der Waals surface area (Å²) in [6, 6.07) is 79.6. The van der Waals surface area contributed by atoms with Gasteiger partial charge in [0.1, 0.15) is 0 Å². The van der Waals surface area contributed by atoms with E-state index in [1.165, 1.54) is 94.7 Å². The molecule has 2 atom stereocenters. The lowest BCUT2D eigenvalue weighted by Gasteiger charge is -2.33. The highest BCUT2D eigenvalue weighted by Crippen LogP contribution is 2.60. The fourth-order valence-electron chi connectivity index (χ4n) is 11.7. The van der Waals surface area contributed by atoms with Crippen molar-refractivity contribution < 1.29 is 0 Å². The first kappa shape index (κ1) is 36.6. The molecule has 9 aromatic carbocycles. The van der Waals surface area contributed by atoms with Crippen LogP contribution in [0.2, 0.25) is 0 Å². The van der Waals surface area contributed by atoms with Crippen molar-refractivity contribution in [3.63, 3.8) is 0 Å². The molecule has 0 spiro atoms. The lowest BCUT2D eigenvalue weighted by molar-refractivity contribution is 0.660. The van der Waals surface area contributed by atoms with Gasteiger partial charge in [-0.3, -0.25) is 0 Å². The average molecular weight is 794 g/mol. The Morgan fingerprint density at radius 3 is 1.44 bits per heavy atom. The Labute approximate surface area is 365 Å². The molecule has 62 heavy (non-hydrogen) atoms. The second kappa shape index (κ2) is 13.4. The van der Waals surface area contributed by atoms with Gasteiger partial charge in [0.05, 0.1) is 5.69 Å². The number of benzene rings is 9. The first-order valence-corrected chi connectivity index (χ1v) is 22.0. The summed E-state index contributed by atoms with van der Waals surface area (Å²) in [5.74, 6) is 0. The second-order valence-corrected chi connectivity index (χ2v) is 18.3. The van der Waals surface area contributed by atoms with Crippen LogP contribution in [0.1, 0.15) is 72.2 Å². The van der Waals surface area contributed by atoms with E-state index in [9.17, 15) is 0 Å². The van der Waals surface area contributed by atoms with Crippen molar-refractivity contribution in [1.82, 2.24) is 0 Å². The zero-order chi connectivity index (χ0) is 41.8. The fraction of sp³-hybridized carbons (Fsp3) is 0.115. The summed E-state index contributed by atoms with van der Waals surface area (Å²) >= 11 is 0. The molecule has 3 aliphatic carbocycles. The maximum Gasteiger partial charge on any atom is 0.0543 e. The number of rotatable bonds is 6. The van der Waals surface area contributed by atoms with Crippen LogP contribution in [0.5, 0.6) is 0 Å². The second-order valence-electron chi connectivity index (χ2n) is 18.3. The molecule has 0 saturated heterocycles. The summed E-state index contributed by atoms with van der Waals surface area (Å²) in [5.41, 5.74) is 23.7. The van der Waals surface area contributed by atoms with Crippen LogP contribution in [0.15, 0.2) is 212 Å². The van der Waals surface area contributed by atoms with Gasteiger partial charge in [-0.25, -0.2) is 0 Å². The Morgan fingerprint density at radius 1 is 0.306 bits per heavy atom. The van der Waals surface area contributed by atoms with E-state index in [1.807, 2.05) is 0 Å². The zero-order valence-electron chi connectivity index (χ0n) is 35.7. The number of fused-ring (bicyclic) bond motifs is 9. The minimum Gasteiger partial charge on any atom is -0.310 e. The van der Waals surface area contributed by atoms with E-state index in [0.717, 1.165) is 11.4 Å². The first-order valence-electron chi connectivity index (χ1n) is 22.0. The minimum absolute atomic E-state index is 0.149. The largest absolute Gasteiger partial charge is 0.310 e. The lowest BCUT2D eigenvalue weighted by Crippen LogP contribution is -2.23. The highest BCUT2D eigenvalue weighted by Gasteiger charge is 2.45. The van der Waals surface area contributed by atoms with Crippen molar-refractivity contribution in [3.8, 4) is 44.5 Å². The number of hydrogen-bond acceptors (Lipinski definition) is 1. The molecule has 3 aliphatic rings. The molecule has 1 heteroatoms. The molecule has 296 valence electrons. The third-order valence-corrected chi connectivity index (χ3v) is 14.8. The van der Waals surface area contributed by atoms with Gasteiger partial charge in [-0.05, 0) is 128 Å². The topological polar surface area (TPSA) is 3.24 Å². The van der Waals surface area contributed by atoms with Crippen LogP contribution < -0.4 is 4.90 Å². The molecular formula is C61H47N. The SMILES string of the molecule is CC1(C)c2ccccc2-c2ccc(N(c3ccc4c(c3)C(C)(c3ccccc3)c3cccc(-c5ccccc5)c3-4)c3cccc4c3-c3ccccc3C4(C)c3ccccc3)cc21. The molecule has 2 unspecified atom stereocenters. The van der Waals surface area contributed by atoms with E-state index in [4.69, 9.17) is 0 Å². The summed E-state index contributed by atoms with van der Waals surface area (Å²) in [4.78, 5) is 2.57. The van der Waals surface area contributed by atoms with Gasteiger partial charge in [0.25, 0.3) is 0 Å². The van der Waals surface area contributed by atoms with Crippen LogP contribution in [0.4, 0.5) is 17.1 Å². The molecule has 0 N–H and O–H groups in total. The number of nitrogens with zero attached hydrogens (tertiary/aromatic N) is 1. The fourth-order valence-corrected chi connectivity index (χ4v) is 11.7. The molecular weight excluding hydrogens is 747 g/mol. The van der Waals surface area contributed by atoms with Crippen LogP contribution in [0.3, 0.4) is 0 Å². The highest BCUT2D eigenvalue weighted by molar-refractivity contribution is 5.99. The molecule has 0 radical (unpaired) electrons. The molecule has 0 heterocycles. The Balaban J connectivity index is 1.14. The van der Waals surface area contributed by atoms with Gasteiger partial charge in [0.15, 0.2) is 0 Å². The molecule has 0 aliphatic heterocycles. The van der Waals surface area contributed by atoms with Crippen LogP contribution >= 0.6 is 0 Å². The third kappa shape index (κ3) is 4.97. The summed E-state index contributed by atoms with van der Waals surface area (Å²) in [6.07, 6.45) is 0. The van der Waals surface area contributed by atoms with Crippen LogP contribution in [-0.4, -0.2) is 0 Å². The maximum absolute atomic E-state index is 2.57. The molecule has 0 bridgehead atoms. The first-order chi connectivity index (χ1) is 30.3. The van der Waals surface area contributed by atoms with Crippen molar-refractivity contribution in [2.24, 2.45) is 0 Å². The molecule has 1 nitrogen and oxygen atoms in total. The number of hydrogen-bond donors (Lipinski definition) is 0.